The van der Waals surface area contributed by atoms with E-state index >= 15 is 4.39 Å². The van der Waals surface area contributed by atoms with E-state index in [0.29, 0.717) is 25.0 Å². The number of benzene rings is 1. The summed E-state index contributed by atoms with van der Waals surface area (Å²) >= 11 is 0. The fourth-order valence-corrected chi connectivity index (χ4v) is 7.81. The van der Waals surface area contributed by atoms with E-state index in [-0.39, 0.29) is 30.1 Å². The van der Waals surface area contributed by atoms with Crippen LogP contribution >= 0.6 is 0 Å². The number of halogens is 1. The van der Waals surface area contributed by atoms with Gasteiger partial charge in [-0.25, -0.2) is 14.2 Å². The normalized spacial score (nSPS) is 39.3. The summed E-state index contributed by atoms with van der Waals surface area (Å²) in [6.45, 7) is 15.7. The average Bonchev–Trinajstić information content (AvgIpc) is 3.00. The molecule has 6 nitrogen and oxygen atoms in total. The Labute approximate surface area is 269 Å². The van der Waals surface area contributed by atoms with Crippen LogP contribution in [0, 0.1) is 35.0 Å². The van der Waals surface area contributed by atoms with Crippen LogP contribution in [0.3, 0.4) is 0 Å². The molecular formula is C38H54FNO5. The Bertz CT molecular complexity index is 1310. The number of aliphatic hydroxyl groups is 1. The van der Waals surface area contributed by atoms with Gasteiger partial charge in [0.2, 0.25) is 5.91 Å². The molecule has 0 aromatic heterocycles. The van der Waals surface area contributed by atoms with Gasteiger partial charge >= 0.3 is 5.97 Å². The quantitative estimate of drug-likeness (QED) is 0.271. The number of ketones is 1. The predicted octanol–water partition coefficient (Wildman–Crippen LogP) is 8.13. The number of aliphatic imine (C=N–C) groups is 1. The summed E-state index contributed by atoms with van der Waals surface area (Å²) in [5.41, 5.74) is -1.94. The molecule has 248 valence electrons. The largest absolute Gasteiger partial charge is 0.457 e. The summed E-state index contributed by atoms with van der Waals surface area (Å²) in [7, 11) is 0. The van der Waals surface area contributed by atoms with Crippen LogP contribution in [0.2, 0.25) is 0 Å². The highest BCUT2D eigenvalue weighted by Crippen LogP contribution is 2.48. The molecule has 1 aromatic rings. The van der Waals surface area contributed by atoms with Gasteiger partial charge < -0.3 is 9.84 Å². The van der Waals surface area contributed by atoms with E-state index in [1.54, 1.807) is 20.8 Å². The van der Waals surface area contributed by atoms with Crippen LogP contribution in [0.15, 0.2) is 53.0 Å². The van der Waals surface area contributed by atoms with Gasteiger partial charge in [0, 0.05) is 24.5 Å². The molecule has 2 fully saturated rings. The van der Waals surface area contributed by atoms with E-state index < -0.39 is 46.4 Å². The van der Waals surface area contributed by atoms with Crippen LogP contribution < -0.4 is 0 Å². The van der Waals surface area contributed by atoms with Crippen molar-refractivity contribution in [2.45, 2.75) is 118 Å². The molecule has 7 heteroatoms. The van der Waals surface area contributed by atoms with Crippen molar-refractivity contribution in [2.75, 3.05) is 0 Å². The second kappa shape index (κ2) is 14.7. The van der Waals surface area contributed by atoms with E-state index in [4.69, 9.17) is 4.74 Å². The summed E-state index contributed by atoms with van der Waals surface area (Å²) < 4.78 is 21.9. The van der Waals surface area contributed by atoms with Crippen molar-refractivity contribution in [3.8, 4) is 0 Å². The molecular weight excluding hydrogens is 569 g/mol. The Morgan fingerprint density at radius 2 is 1.71 bits per heavy atom. The number of cyclic esters (lactones) is 1. The number of fused-ring (bicyclic) bond motifs is 5. The molecule has 0 unspecified atom stereocenters. The second-order valence-corrected chi connectivity index (χ2v) is 14.3. The number of carbonyl (C=O) groups is 3. The molecule has 0 radical (unpaired) electrons. The molecule has 1 amide bonds. The first kappa shape index (κ1) is 36.5. The number of nitrogens with zero attached hydrogens (tertiary/aromatic N) is 1. The number of hydrogen-bond donors (Lipinski definition) is 1. The van der Waals surface area contributed by atoms with Crippen molar-refractivity contribution in [3.05, 3.63) is 53.6 Å². The van der Waals surface area contributed by atoms with Gasteiger partial charge in [0.05, 0.1) is 0 Å². The van der Waals surface area contributed by atoms with E-state index in [1.165, 1.54) is 12.5 Å². The van der Waals surface area contributed by atoms with Crippen LogP contribution in [-0.2, 0) is 19.1 Å². The molecule has 45 heavy (non-hydrogen) atoms. The number of hydrogen-bond acceptors (Lipinski definition) is 5. The third kappa shape index (κ3) is 8.27. The van der Waals surface area contributed by atoms with Crippen LogP contribution in [-0.4, -0.2) is 45.9 Å². The van der Waals surface area contributed by atoms with Crippen molar-refractivity contribution >= 4 is 29.4 Å². The van der Waals surface area contributed by atoms with Gasteiger partial charge in [-0.1, -0.05) is 95.7 Å². The standard InChI is InChI=1S/C38H54FNO5/c1-10-32-38(9,44)31-20-19-30(18-14-17-29-15-12-11-13-16-29)21-22-36(7,23-24(2)33(26(31)4)40-28(6)41)27(5)25(3)34(42)37(8,39)35(43)45-32/h11-18,24-27,31-32,44H,10,19-23H2,1-9H3/b17-14+,30-18+,40-33?/t24-,25-,26-,27-,31-,32-,36-,37+,38+/m1/s1. The lowest BCUT2D eigenvalue weighted by Gasteiger charge is -2.45. The number of carbonyl (C=O) groups excluding carboxylic acids is 3. The highest BCUT2D eigenvalue weighted by molar-refractivity contribution is 6.07. The number of Topliss-reactive ketones (excluding diaryl/α,β-unsaturated/α-hetero) is 1. The van der Waals surface area contributed by atoms with Gasteiger partial charge in [-0.3, -0.25) is 9.59 Å². The monoisotopic (exact) mass is 623 g/mol. The van der Waals surface area contributed by atoms with Gasteiger partial charge in [-0.15, -0.1) is 0 Å². The lowest BCUT2D eigenvalue weighted by atomic mass is 9.62. The van der Waals surface area contributed by atoms with Gasteiger partial charge in [-0.05, 0) is 81.1 Å². The first-order valence-corrected chi connectivity index (χ1v) is 16.6. The maximum atomic E-state index is 16.2. The number of allylic oxidation sites excluding steroid dienone is 3. The summed E-state index contributed by atoms with van der Waals surface area (Å²) in [6.07, 6.45) is 8.66. The third-order valence-corrected chi connectivity index (χ3v) is 11.0. The highest BCUT2D eigenvalue weighted by Gasteiger charge is 2.53. The molecule has 1 aliphatic carbocycles. The fraction of sp³-hybridized carbons (Fsp3) is 0.632. The highest BCUT2D eigenvalue weighted by atomic mass is 19.1. The van der Waals surface area contributed by atoms with Crippen LogP contribution in [0.1, 0.15) is 106 Å². The van der Waals surface area contributed by atoms with Crippen molar-refractivity contribution in [3.63, 3.8) is 0 Å². The van der Waals surface area contributed by atoms with Crippen molar-refractivity contribution < 1.29 is 28.6 Å². The molecule has 1 aromatic carbocycles. The summed E-state index contributed by atoms with van der Waals surface area (Å²) in [6, 6.07) is 10.1. The minimum absolute atomic E-state index is 0.150. The first-order chi connectivity index (χ1) is 21.0. The molecule has 3 rings (SSSR count). The molecule has 0 spiro atoms. The van der Waals surface area contributed by atoms with Gasteiger partial charge in [0.1, 0.15) is 11.7 Å². The third-order valence-electron chi connectivity index (χ3n) is 11.0. The zero-order chi connectivity index (χ0) is 33.7. The number of rotatable bonds is 3. The summed E-state index contributed by atoms with van der Waals surface area (Å²) in [5, 5.41) is 12.3. The van der Waals surface area contributed by atoms with Crippen LogP contribution in [0.4, 0.5) is 4.39 Å². The van der Waals surface area contributed by atoms with Crippen LogP contribution in [0.5, 0.6) is 0 Å². The molecule has 1 heterocycles. The predicted molar refractivity (Wildman–Crippen MR) is 178 cm³/mol. The van der Waals surface area contributed by atoms with Gasteiger partial charge in [0.25, 0.3) is 5.67 Å². The number of esters is 1. The average molecular weight is 624 g/mol. The van der Waals surface area contributed by atoms with E-state index in [9.17, 15) is 19.5 Å². The van der Waals surface area contributed by atoms with Crippen molar-refractivity contribution in [1.82, 2.24) is 0 Å². The zero-order valence-corrected chi connectivity index (χ0v) is 28.7. The van der Waals surface area contributed by atoms with Crippen molar-refractivity contribution in [2.24, 2.45) is 40.0 Å². The smallest absolute Gasteiger partial charge is 0.351 e. The van der Waals surface area contributed by atoms with Crippen molar-refractivity contribution in [1.29, 1.82) is 0 Å². The molecule has 2 aliphatic rings. The molecule has 1 N–H and O–H groups in total. The molecule has 1 saturated carbocycles. The Morgan fingerprint density at radius 3 is 2.31 bits per heavy atom. The number of amides is 1. The zero-order valence-electron chi connectivity index (χ0n) is 28.7. The SMILES string of the molecule is CC[C@H]1OC(=O)[C@@](C)(F)C(=O)[C@H](C)[C@@H](C)[C@]2(C)CC/C(=C/C=C/c3ccccc3)CC[C@H]([C@@H](C)C(=NC(C)=O)[C@H](C)C2)[C@]1(C)O. The van der Waals surface area contributed by atoms with E-state index in [0.717, 1.165) is 25.3 Å². The first-order valence-electron chi connectivity index (χ1n) is 16.6. The Hall–Kier alpha value is -2.93. The Kier molecular flexibility index (Phi) is 11.9. The van der Waals surface area contributed by atoms with E-state index in [2.05, 4.69) is 37.1 Å². The maximum Gasteiger partial charge on any atom is 0.351 e. The number of ether oxygens (including phenoxy) is 1. The Balaban J connectivity index is 2.28. The molecule has 9 atom stereocenters. The minimum atomic E-state index is -2.86. The summed E-state index contributed by atoms with van der Waals surface area (Å²) in [4.78, 5) is 44.1. The molecule has 2 bridgehead atoms. The van der Waals surface area contributed by atoms with Gasteiger partial charge in [0.15, 0.2) is 5.78 Å². The molecule has 1 saturated heterocycles. The summed E-state index contributed by atoms with van der Waals surface area (Å²) in [5.74, 6) is -4.46. The lowest BCUT2D eigenvalue weighted by molar-refractivity contribution is -0.186. The minimum Gasteiger partial charge on any atom is -0.457 e. The topological polar surface area (TPSA) is 93.0 Å². The van der Waals surface area contributed by atoms with Crippen LogP contribution in [0.25, 0.3) is 6.08 Å². The van der Waals surface area contributed by atoms with E-state index in [1.807, 2.05) is 44.2 Å². The Morgan fingerprint density at radius 1 is 1.07 bits per heavy atom. The fourth-order valence-electron chi connectivity index (χ4n) is 7.81. The second-order valence-electron chi connectivity index (χ2n) is 14.3. The number of alkyl halides is 1. The van der Waals surface area contributed by atoms with Gasteiger partial charge in [-0.2, -0.15) is 0 Å². The lowest BCUT2D eigenvalue weighted by Crippen LogP contribution is -2.55. The maximum absolute atomic E-state index is 16.2. The molecule has 1 aliphatic heterocycles.